The van der Waals surface area contributed by atoms with Crippen LogP contribution in [0.25, 0.3) is 0 Å². The maximum atomic E-state index is 5.62. The molecule has 0 radical (unpaired) electrons. The number of alkyl halides is 1. The minimum Gasteiger partial charge on any atom is -0.381 e. The molecule has 1 atom stereocenters. The standard InChI is InChI=1S/C12H17BrOS/c13-9-12(5-2-7-14-10-12)6-4-11-3-1-8-15-11/h1,3,8H,2,4-7,9-10H2. The molecule has 1 aromatic heterocycles. The fraction of sp³-hybridized carbons (Fsp3) is 0.667. The lowest BCUT2D eigenvalue weighted by molar-refractivity contribution is 0.00177. The van der Waals surface area contributed by atoms with Crippen LogP contribution in [0.1, 0.15) is 24.1 Å². The molecule has 1 unspecified atom stereocenters. The van der Waals surface area contributed by atoms with Crippen LogP contribution in [-0.2, 0) is 11.2 Å². The third kappa shape index (κ3) is 3.05. The van der Waals surface area contributed by atoms with E-state index in [2.05, 4.69) is 33.4 Å². The number of hydrogen-bond acceptors (Lipinski definition) is 2. The molecule has 1 nitrogen and oxygen atoms in total. The van der Waals surface area contributed by atoms with Crippen LogP contribution in [0.15, 0.2) is 17.5 Å². The van der Waals surface area contributed by atoms with Crippen molar-refractivity contribution in [3.05, 3.63) is 22.4 Å². The summed E-state index contributed by atoms with van der Waals surface area (Å²) in [5.41, 5.74) is 0.391. The van der Waals surface area contributed by atoms with Crippen molar-refractivity contribution < 1.29 is 4.74 Å². The molecule has 84 valence electrons. The van der Waals surface area contributed by atoms with Gasteiger partial charge in [0.15, 0.2) is 0 Å². The highest BCUT2D eigenvalue weighted by atomic mass is 79.9. The van der Waals surface area contributed by atoms with Gasteiger partial charge in [-0.05, 0) is 37.1 Å². The molecule has 0 aromatic carbocycles. The summed E-state index contributed by atoms with van der Waals surface area (Å²) < 4.78 is 5.62. The van der Waals surface area contributed by atoms with Gasteiger partial charge < -0.3 is 4.74 Å². The van der Waals surface area contributed by atoms with E-state index in [1.807, 2.05) is 11.3 Å². The average Bonchev–Trinajstić information content (AvgIpc) is 2.81. The Morgan fingerprint density at radius 1 is 1.53 bits per heavy atom. The minimum atomic E-state index is 0.391. The summed E-state index contributed by atoms with van der Waals surface area (Å²) in [4.78, 5) is 1.50. The predicted molar refractivity (Wildman–Crippen MR) is 68.9 cm³/mol. The highest BCUT2D eigenvalue weighted by Gasteiger charge is 2.31. The Balaban J connectivity index is 1.89. The zero-order valence-electron chi connectivity index (χ0n) is 8.88. The molecule has 0 aliphatic carbocycles. The van der Waals surface area contributed by atoms with Gasteiger partial charge in [0.25, 0.3) is 0 Å². The summed E-state index contributed by atoms with van der Waals surface area (Å²) in [6, 6.07) is 4.37. The van der Waals surface area contributed by atoms with E-state index in [0.717, 1.165) is 18.5 Å². The predicted octanol–water partition coefficient (Wildman–Crippen LogP) is 3.87. The van der Waals surface area contributed by atoms with E-state index in [-0.39, 0.29) is 0 Å². The molecule has 3 heteroatoms. The monoisotopic (exact) mass is 288 g/mol. The number of halogens is 1. The zero-order valence-corrected chi connectivity index (χ0v) is 11.3. The Morgan fingerprint density at radius 2 is 2.47 bits per heavy atom. The maximum Gasteiger partial charge on any atom is 0.0530 e. The molecule has 0 saturated carbocycles. The van der Waals surface area contributed by atoms with E-state index in [1.54, 1.807) is 0 Å². The molecule has 2 rings (SSSR count). The van der Waals surface area contributed by atoms with E-state index < -0.39 is 0 Å². The lowest BCUT2D eigenvalue weighted by Crippen LogP contribution is -2.33. The van der Waals surface area contributed by atoms with Crippen LogP contribution in [0, 0.1) is 5.41 Å². The number of ether oxygens (including phenoxy) is 1. The largest absolute Gasteiger partial charge is 0.381 e. The first-order chi connectivity index (χ1) is 7.35. The fourth-order valence-electron chi connectivity index (χ4n) is 2.12. The van der Waals surface area contributed by atoms with Crippen molar-refractivity contribution in [1.82, 2.24) is 0 Å². The van der Waals surface area contributed by atoms with Crippen LogP contribution in [0.5, 0.6) is 0 Å². The fourth-order valence-corrected chi connectivity index (χ4v) is 3.55. The van der Waals surface area contributed by atoms with Crippen molar-refractivity contribution in [3.8, 4) is 0 Å². The number of hydrogen-bond donors (Lipinski definition) is 0. The Hall–Kier alpha value is 0.140. The Morgan fingerprint density at radius 3 is 3.07 bits per heavy atom. The van der Waals surface area contributed by atoms with Crippen LogP contribution in [0.4, 0.5) is 0 Å². The van der Waals surface area contributed by atoms with Crippen molar-refractivity contribution in [2.45, 2.75) is 25.7 Å². The van der Waals surface area contributed by atoms with Crippen LogP contribution in [0.3, 0.4) is 0 Å². The molecule has 0 spiro atoms. The Bertz CT molecular complexity index is 278. The summed E-state index contributed by atoms with van der Waals surface area (Å²) in [7, 11) is 0. The molecule has 1 aromatic rings. The van der Waals surface area contributed by atoms with Gasteiger partial charge >= 0.3 is 0 Å². The van der Waals surface area contributed by atoms with Crippen molar-refractivity contribution in [2.24, 2.45) is 5.41 Å². The lowest BCUT2D eigenvalue weighted by atomic mass is 9.80. The van der Waals surface area contributed by atoms with Gasteiger partial charge in [0, 0.05) is 22.2 Å². The van der Waals surface area contributed by atoms with E-state index in [0.29, 0.717) is 5.41 Å². The molecule has 0 amide bonds. The molecule has 1 aliphatic heterocycles. The average molecular weight is 289 g/mol. The van der Waals surface area contributed by atoms with Crippen LogP contribution in [-0.4, -0.2) is 18.5 Å². The summed E-state index contributed by atoms with van der Waals surface area (Å²) >= 11 is 5.52. The van der Waals surface area contributed by atoms with Gasteiger partial charge in [-0.3, -0.25) is 0 Å². The second-order valence-corrected chi connectivity index (χ2v) is 5.96. The summed E-state index contributed by atoms with van der Waals surface area (Å²) in [6.07, 6.45) is 4.98. The summed E-state index contributed by atoms with van der Waals surface area (Å²) in [6.45, 7) is 1.89. The third-order valence-electron chi connectivity index (χ3n) is 3.17. The number of rotatable bonds is 4. The van der Waals surface area contributed by atoms with Crippen molar-refractivity contribution in [1.29, 1.82) is 0 Å². The molecule has 0 N–H and O–H groups in total. The van der Waals surface area contributed by atoms with Gasteiger partial charge in [-0.25, -0.2) is 0 Å². The first kappa shape index (κ1) is 11.6. The summed E-state index contributed by atoms with van der Waals surface area (Å²) in [5.74, 6) is 0. The molecular formula is C12H17BrOS. The molecule has 1 aliphatic rings. The molecule has 15 heavy (non-hydrogen) atoms. The second kappa shape index (κ2) is 5.46. The van der Waals surface area contributed by atoms with Crippen LogP contribution in [0.2, 0.25) is 0 Å². The molecule has 0 bridgehead atoms. The van der Waals surface area contributed by atoms with Crippen LogP contribution < -0.4 is 0 Å². The number of thiophene rings is 1. The topological polar surface area (TPSA) is 9.23 Å². The van der Waals surface area contributed by atoms with E-state index >= 15 is 0 Å². The van der Waals surface area contributed by atoms with E-state index in [9.17, 15) is 0 Å². The van der Waals surface area contributed by atoms with Crippen molar-refractivity contribution in [3.63, 3.8) is 0 Å². The van der Waals surface area contributed by atoms with Crippen molar-refractivity contribution >= 4 is 27.3 Å². The van der Waals surface area contributed by atoms with Crippen molar-refractivity contribution in [2.75, 3.05) is 18.5 Å². The van der Waals surface area contributed by atoms with Gasteiger partial charge in [0.2, 0.25) is 0 Å². The quantitative estimate of drug-likeness (QED) is 0.764. The molecule has 1 fully saturated rings. The Labute approximate surface area is 104 Å². The molecule has 1 saturated heterocycles. The lowest BCUT2D eigenvalue weighted by Gasteiger charge is -2.35. The zero-order chi connectivity index (χ0) is 10.6. The molecule has 2 heterocycles. The second-order valence-electron chi connectivity index (χ2n) is 4.37. The third-order valence-corrected chi connectivity index (χ3v) is 5.30. The van der Waals surface area contributed by atoms with Gasteiger partial charge in [-0.1, -0.05) is 22.0 Å². The normalized spacial score (nSPS) is 26.7. The molecular weight excluding hydrogens is 272 g/mol. The smallest absolute Gasteiger partial charge is 0.0530 e. The highest BCUT2D eigenvalue weighted by molar-refractivity contribution is 9.09. The van der Waals surface area contributed by atoms with Gasteiger partial charge in [0.1, 0.15) is 0 Å². The Kier molecular flexibility index (Phi) is 4.23. The van der Waals surface area contributed by atoms with E-state index in [1.165, 1.54) is 30.6 Å². The van der Waals surface area contributed by atoms with Gasteiger partial charge in [-0.2, -0.15) is 0 Å². The van der Waals surface area contributed by atoms with Crippen LogP contribution >= 0.6 is 27.3 Å². The maximum absolute atomic E-state index is 5.62. The first-order valence-corrected chi connectivity index (χ1v) is 7.51. The van der Waals surface area contributed by atoms with Gasteiger partial charge in [-0.15, -0.1) is 11.3 Å². The van der Waals surface area contributed by atoms with E-state index in [4.69, 9.17) is 4.74 Å². The minimum absolute atomic E-state index is 0.391. The van der Waals surface area contributed by atoms with Gasteiger partial charge in [0.05, 0.1) is 6.61 Å². The number of aryl methyl sites for hydroxylation is 1. The first-order valence-electron chi connectivity index (χ1n) is 5.51. The highest BCUT2D eigenvalue weighted by Crippen LogP contribution is 2.35. The SMILES string of the molecule is BrCC1(CCc2cccs2)CCCOC1. The summed E-state index contributed by atoms with van der Waals surface area (Å²) in [5, 5.41) is 3.24.